The molecule has 1 heterocycles. The van der Waals surface area contributed by atoms with Gasteiger partial charge in [-0.15, -0.1) is 0 Å². The molecule has 7 heteroatoms. The molecule has 0 N–H and O–H groups in total. The normalized spacial score (nSPS) is 10.4. The fourth-order valence-electron chi connectivity index (χ4n) is 1.00. The molecule has 0 atom stereocenters. The number of hydrogen-bond acceptors (Lipinski definition) is 3. The second-order valence-electron chi connectivity index (χ2n) is 2.66. The maximum absolute atomic E-state index is 9.16. The predicted octanol–water partition coefficient (Wildman–Crippen LogP) is 2.58. The largest absolute Gasteiger partial charge is 0.317 e. The molecular formula is C9H8Cl2N2O2S. The van der Waals surface area contributed by atoms with Gasteiger partial charge in [-0.2, -0.15) is 13.5 Å². The van der Waals surface area contributed by atoms with E-state index in [1.165, 1.54) is 0 Å². The molecule has 0 fully saturated rings. The van der Waals surface area contributed by atoms with E-state index in [2.05, 4.69) is 26.5 Å². The van der Waals surface area contributed by atoms with Crippen molar-refractivity contribution in [3.05, 3.63) is 48.8 Å². The van der Waals surface area contributed by atoms with Crippen molar-refractivity contribution >= 4 is 29.6 Å². The molecule has 0 unspecified atom stereocenters. The van der Waals surface area contributed by atoms with Crippen LogP contribution >= 0.6 is 21.4 Å². The molecule has 0 aliphatic heterocycles. The molecule has 2 rings (SSSR count). The quantitative estimate of drug-likeness (QED) is 0.754. The number of hydrogen-bond donors (Lipinski definition) is 0. The van der Waals surface area contributed by atoms with Gasteiger partial charge >= 0.3 is 8.26 Å². The van der Waals surface area contributed by atoms with Crippen LogP contribution in [0.15, 0.2) is 48.8 Å². The Bertz CT molecular complexity index is 504. The van der Waals surface area contributed by atoms with Crippen LogP contribution in [0.1, 0.15) is 0 Å². The Balaban J connectivity index is 0.000000221. The summed E-state index contributed by atoms with van der Waals surface area (Å²) in [5.41, 5.74) is 1.09. The Morgan fingerprint density at radius 1 is 1.06 bits per heavy atom. The molecule has 0 aliphatic rings. The average molecular weight is 279 g/mol. The molecule has 1 aromatic carbocycles. The predicted molar refractivity (Wildman–Crippen MR) is 64.2 cm³/mol. The molecular weight excluding hydrogens is 271 g/mol. The third-order valence-electron chi connectivity index (χ3n) is 1.53. The second-order valence-corrected chi connectivity index (χ2v) is 6.33. The average Bonchev–Trinajstić information content (AvgIpc) is 2.69. The minimum atomic E-state index is -3.72. The highest BCUT2D eigenvalue weighted by molar-refractivity contribution is 8.31. The minimum Gasteiger partial charge on any atom is -0.241 e. The van der Waals surface area contributed by atoms with E-state index in [1.807, 2.05) is 47.3 Å². The van der Waals surface area contributed by atoms with Gasteiger partial charge in [-0.3, -0.25) is 0 Å². The number of aromatic nitrogens is 2. The van der Waals surface area contributed by atoms with Crippen LogP contribution in [0.5, 0.6) is 0 Å². The molecule has 0 bridgehead atoms. The van der Waals surface area contributed by atoms with Crippen LogP contribution in [0.4, 0.5) is 0 Å². The first-order valence-electron chi connectivity index (χ1n) is 4.16. The van der Waals surface area contributed by atoms with Crippen molar-refractivity contribution in [2.75, 3.05) is 0 Å². The number of benzene rings is 1. The maximum Gasteiger partial charge on any atom is 0.317 e. The van der Waals surface area contributed by atoms with Crippen LogP contribution in [0, 0.1) is 0 Å². The lowest BCUT2D eigenvalue weighted by Crippen LogP contribution is -1.91. The lowest BCUT2D eigenvalue weighted by atomic mass is 10.3. The van der Waals surface area contributed by atoms with Crippen molar-refractivity contribution in [3.63, 3.8) is 0 Å². The van der Waals surface area contributed by atoms with Crippen molar-refractivity contribution in [2.24, 2.45) is 0 Å². The third-order valence-corrected chi connectivity index (χ3v) is 1.53. The van der Waals surface area contributed by atoms with Crippen LogP contribution in [-0.4, -0.2) is 18.2 Å². The number of para-hydroxylation sites is 1. The van der Waals surface area contributed by atoms with E-state index in [-0.39, 0.29) is 0 Å². The summed E-state index contributed by atoms with van der Waals surface area (Å²) < 4.78 is 20.2. The molecule has 2 aromatic rings. The molecule has 16 heavy (non-hydrogen) atoms. The van der Waals surface area contributed by atoms with Gasteiger partial charge in [0.15, 0.2) is 0 Å². The van der Waals surface area contributed by atoms with E-state index >= 15 is 0 Å². The summed E-state index contributed by atoms with van der Waals surface area (Å²) in [6.45, 7) is 0. The summed E-state index contributed by atoms with van der Waals surface area (Å²) in [7, 11) is 4.81. The first-order valence-corrected chi connectivity index (χ1v) is 7.29. The van der Waals surface area contributed by atoms with E-state index in [0.29, 0.717) is 0 Å². The van der Waals surface area contributed by atoms with Crippen LogP contribution in [0.25, 0.3) is 5.69 Å². The van der Waals surface area contributed by atoms with Crippen molar-refractivity contribution < 1.29 is 8.42 Å². The van der Waals surface area contributed by atoms with Gasteiger partial charge in [0, 0.05) is 33.8 Å². The van der Waals surface area contributed by atoms with Crippen molar-refractivity contribution in [3.8, 4) is 5.69 Å². The third kappa shape index (κ3) is 5.75. The van der Waals surface area contributed by atoms with E-state index in [9.17, 15) is 0 Å². The number of halogens is 2. The molecule has 0 radical (unpaired) electrons. The van der Waals surface area contributed by atoms with E-state index in [0.717, 1.165) is 5.69 Å². The summed E-state index contributed by atoms with van der Waals surface area (Å²) in [5.74, 6) is 0. The topological polar surface area (TPSA) is 52.0 Å². The minimum absolute atomic E-state index is 1.09. The maximum atomic E-state index is 9.16. The highest BCUT2D eigenvalue weighted by atomic mass is 36.0. The monoisotopic (exact) mass is 278 g/mol. The van der Waals surface area contributed by atoms with Gasteiger partial charge < -0.3 is 0 Å². The van der Waals surface area contributed by atoms with Crippen LogP contribution < -0.4 is 0 Å². The van der Waals surface area contributed by atoms with E-state index < -0.39 is 8.26 Å². The first kappa shape index (κ1) is 13.0. The number of nitrogens with zero attached hydrogens (tertiary/aromatic N) is 2. The highest BCUT2D eigenvalue weighted by Crippen LogP contribution is 2.03. The van der Waals surface area contributed by atoms with Gasteiger partial charge in [0.05, 0.1) is 5.69 Å². The fourth-order valence-corrected chi connectivity index (χ4v) is 1.00. The van der Waals surface area contributed by atoms with E-state index in [4.69, 9.17) is 8.42 Å². The molecule has 0 saturated heterocycles. The summed E-state index contributed by atoms with van der Waals surface area (Å²) in [6.07, 6.45) is 3.70. The Kier molecular flexibility index (Phi) is 4.79. The Hall–Kier alpha value is -1.04. The zero-order valence-electron chi connectivity index (χ0n) is 7.99. The summed E-state index contributed by atoms with van der Waals surface area (Å²) in [6, 6.07) is 11.9. The van der Waals surface area contributed by atoms with E-state index in [1.54, 1.807) is 6.20 Å². The Labute approximate surface area is 102 Å². The van der Waals surface area contributed by atoms with Crippen LogP contribution in [0.3, 0.4) is 0 Å². The summed E-state index contributed by atoms with van der Waals surface area (Å²) in [5, 5.41) is 4.10. The Morgan fingerprint density at radius 3 is 2.06 bits per heavy atom. The lowest BCUT2D eigenvalue weighted by Gasteiger charge is -1.97. The molecule has 0 saturated carbocycles. The van der Waals surface area contributed by atoms with Gasteiger partial charge in [-0.1, -0.05) is 18.2 Å². The zero-order chi connectivity index (χ0) is 12.0. The first-order chi connectivity index (χ1) is 7.47. The van der Waals surface area contributed by atoms with Gasteiger partial charge in [0.2, 0.25) is 0 Å². The summed E-state index contributed by atoms with van der Waals surface area (Å²) in [4.78, 5) is 0. The highest BCUT2D eigenvalue weighted by Gasteiger charge is 1.90. The fraction of sp³-hybridized carbons (Fsp3) is 0. The van der Waals surface area contributed by atoms with Crippen molar-refractivity contribution in [2.45, 2.75) is 0 Å². The summed E-state index contributed by atoms with van der Waals surface area (Å²) >= 11 is 0. The Morgan fingerprint density at radius 2 is 1.62 bits per heavy atom. The molecule has 1 aromatic heterocycles. The lowest BCUT2D eigenvalue weighted by molar-refractivity contribution is 0.621. The second kappa shape index (κ2) is 5.89. The molecule has 0 spiro atoms. The molecule has 0 aliphatic carbocycles. The molecule has 4 nitrogen and oxygen atoms in total. The standard InChI is InChI=1S/C9H8N2.Cl2O2S/c1-2-5-9(6-3-1)11-8-4-7-10-11;1-5(2,3)4/h1-8H;. The van der Waals surface area contributed by atoms with Crippen LogP contribution in [-0.2, 0) is 8.26 Å². The van der Waals surface area contributed by atoms with Gasteiger partial charge in [-0.05, 0) is 18.2 Å². The van der Waals surface area contributed by atoms with Gasteiger partial charge in [-0.25, -0.2) is 4.68 Å². The number of rotatable bonds is 1. The van der Waals surface area contributed by atoms with Crippen LogP contribution in [0.2, 0.25) is 0 Å². The van der Waals surface area contributed by atoms with Gasteiger partial charge in [0.1, 0.15) is 0 Å². The zero-order valence-corrected chi connectivity index (χ0v) is 10.3. The van der Waals surface area contributed by atoms with Crippen molar-refractivity contribution in [1.29, 1.82) is 0 Å². The van der Waals surface area contributed by atoms with Crippen molar-refractivity contribution in [1.82, 2.24) is 9.78 Å². The molecule has 0 amide bonds. The van der Waals surface area contributed by atoms with Gasteiger partial charge in [0.25, 0.3) is 0 Å². The smallest absolute Gasteiger partial charge is 0.241 e. The molecule has 86 valence electrons. The SMILES string of the molecule is O=S(=O)(Cl)Cl.c1ccc(-n2cccn2)cc1.